The third kappa shape index (κ3) is 3.16. The Morgan fingerprint density at radius 3 is 2.40 bits per heavy atom. The van der Waals surface area contributed by atoms with Gasteiger partial charge in [-0.2, -0.15) is 0 Å². The highest BCUT2D eigenvalue weighted by Gasteiger charge is 2.32. The summed E-state index contributed by atoms with van der Waals surface area (Å²) in [6.45, 7) is 1.24. The Balaban J connectivity index is 2.99. The molecule has 0 heterocycles. The van der Waals surface area contributed by atoms with E-state index in [-0.39, 0.29) is 11.3 Å². The van der Waals surface area contributed by atoms with E-state index in [1.807, 2.05) is 0 Å². The molecule has 15 heavy (non-hydrogen) atoms. The number of ether oxygens (including phenoxy) is 1. The number of carbonyl (C=O) groups excluding carboxylic acids is 1. The van der Waals surface area contributed by atoms with Crippen LogP contribution >= 0.6 is 0 Å². The minimum Gasteiger partial charge on any atom is -0.504 e. The zero-order chi connectivity index (χ0) is 11.6. The molecule has 3 nitrogen and oxygen atoms in total. The van der Waals surface area contributed by atoms with E-state index in [0.29, 0.717) is 0 Å². The molecule has 0 aliphatic carbocycles. The van der Waals surface area contributed by atoms with Crippen LogP contribution in [0.3, 0.4) is 0 Å². The summed E-state index contributed by atoms with van der Waals surface area (Å²) in [7, 11) is 0. The van der Waals surface area contributed by atoms with Crippen LogP contribution in [0.5, 0.6) is 11.5 Å². The van der Waals surface area contributed by atoms with Crippen molar-refractivity contribution in [1.29, 1.82) is 0 Å². The van der Waals surface area contributed by atoms with Crippen LogP contribution in [0.1, 0.15) is 17.3 Å². The summed E-state index contributed by atoms with van der Waals surface area (Å²) in [5, 5.41) is 9.13. The molecule has 0 radical (unpaired) electrons. The van der Waals surface area contributed by atoms with E-state index in [1.165, 1.54) is 6.92 Å². The predicted octanol–water partition coefficient (Wildman–Crippen LogP) is 2.49. The van der Waals surface area contributed by atoms with Gasteiger partial charge in [-0.15, -0.1) is 13.2 Å². The first-order valence-corrected chi connectivity index (χ1v) is 3.89. The SMILES string of the molecule is CC(=O)c1ccc(OC(F)(F)F)c(O)c1. The molecule has 0 unspecified atom stereocenters. The monoisotopic (exact) mass is 220 g/mol. The Labute approximate surface area is 83.1 Å². The van der Waals surface area contributed by atoms with Crippen molar-refractivity contribution >= 4 is 5.78 Å². The summed E-state index contributed by atoms with van der Waals surface area (Å²) in [5.74, 6) is -1.81. The second-order valence-electron chi connectivity index (χ2n) is 2.79. The summed E-state index contributed by atoms with van der Waals surface area (Å²) in [6, 6.07) is 2.95. The molecule has 0 saturated carbocycles. The minimum atomic E-state index is -4.87. The van der Waals surface area contributed by atoms with Gasteiger partial charge in [0, 0.05) is 5.56 Å². The van der Waals surface area contributed by atoms with Gasteiger partial charge < -0.3 is 9.84 Å². The Morgan fingerprint density at radius 2 is 2.00 bits per heavy atom. The first-order valence-electron chi connectivity index (χ1n) is 3.89. The lowest BCUT2D eigenvalue weighted by atomic mass is 10.1. The number of phenolic OH excluding ortho intramolecular Hbond substituents is 1. The van der Waals surface area contributed by atoms with Crippen molar-refractivity contribution in [3.8, 4) is 11.5 Å². The van der Waals surface area contributed by atoms with Crippen LogP contribution in [0.2, 0.25) is 0 Å². The smallest absolute Gasteiger partial charge is 0.504 e. The number of Topliss-reactive ketones (excluding diaryl/α,β-unsaturated/α-hetero) is 1. The van der Waals surface area contributed by atoms with Crippen LogP contribution < -0.4 is 4.74 Å². The number of rotatable bonds is 2. The van der Waals surface area contributed by atoms with Crippen LogP contribution in [0, 0.1) is 0 Å². The highest BCUT2D eigenvalue weighted by Crippen LogP contribution is 2.31. The number of hydrogen-bond acceptors (Lipinski definition) is 3. The normalized spacial score (nSPS) is 11.2. The Kier molecular flexibility index (Phi) is 2.88. The van der Waals surface area contributed by atoms with Crippen molar-refractivity contribution in [2.45, 2.75) is 13.3 Å². The number of aromatic hydroxyl groups is 1. The lowest BCUT2D eigenvalue weighted by Gasteiger charge is -2.10. The molecular formula is C9H7F3O3. The first kappa shape index (κ1) is 11.4. The third-order valence-electron chi connectivity index (χ3n) is 1.59. The zero-order valence-electron chi connectivity index (χ0n) is 7.63. The molecule has 1 N–H and O–H groups in total. The van der Waals surface area contributed by atoms with E-state index in [0.717, 1.165) is 18.2 Å². The van der Waals surface area contributed by atoms with Gasteiger partial charge >= 0.3 is 6.36 Å². The highest BCUT2D eigenvalue weighted by atomic mass is 19.4. The van der Waals surface area contributed by atoms with E-state index in [1.54, 1.807) is 0 Å². The van der Waals surface area contributed by atoms with Gasteiger partial charge in [0.05, 0.1) is 0 Å². The summed E-state index contributed by atoms with van der Waals surface area (Å²) in [5.41, 5.74) is 0.113. The molecule has 0 aromatic heterocycles. The van der Waals surface area contributed by atoms with E-state index in [9.17, 15) is 18.0 Å². The second kappa shape index (κ2) is 3.80. The standard InChI is InChI=1S/C9H7F3O3/c1-5(13)6-2-3-8(7(14)4-6)15-9(10,11)12/h2-4,14H,1H3. The predicted molar refractivity (Wildman–Crippen MR) is 44.8 cm³/mol. The molecule has 0 amide bonds. The lowest BCUT2D eigenvalue weighted by Crippen LogP contribution is -2.17. The van der Waals surface area contributed by atoms with Crippen LogP contribution in [-0.4, -0.2) is 17.3 Å². The maximum absolute atomic E-state index is 11.8. The molecule has 0 aliphatic heterocycles. The molecule has 0 aliphatic rings. The fourth-order valence-corrected chi connectivity index (χ4v) is 0.947. The first-order chi connectivity index (χ1) is 6.79. The number of benzene rings is 1. The Bertz CT molecular complexity index is 385. The van der Waals surface area contributed by atoms with E-state index in [2.05, 4.69) is 4.74 Å². The molecule has 0 bridgehead atoms. The van der Waals surface area contributed by atoms with Gasteiger partial charge in [0.15, 0.2) is 17.3 Å². The van der Waals surface area contributed by atoms with Gasteiger partial charge in [-0.3, -0.25) is 4.79 Å². The van der Waals surface area contributed by atoms with Crippen LogP contribution in [0.4, 0.5) is 13.2 Å². The van der Waals surface area contributed by atoms with Gasteiger partial charge in [0.2, 0.25) is 0 Å². The molecular weight excluding hydrogens is 213 g/mol. The summed E-state index contributed by atoms with van der Waals surface area (Å²) in [6.07, 6.45) is -4.87. The largest absolute Gasteiger partial charge is 0.573 e. The maximum Gasteiger partial charge on any atom is 0.573 e. The fourth-order valence-electron chi connectivity index (χ4n) is 0.947. The van der Waals surface area contributed by atoms with Crippen molar-refractivity contribution in [3.05, 3.63) is 23.8 Å². The quantitative estimate of drug-likeness (QED) is 0.779. The van der Waals surface area contributed by atoms with Crippen molar-refractivity contribution in [1.82, 2.24) is 0 Å². The van der Waals surface area contributed by atoms with E-state index >= 15 is 0 Å². The van der Waals surface area contributed by atoms with E-state index in [4.69, 9.17) is 5.11 Å². The van der Waals surface area contributed by atoms with Crippen molar-refractivity contribution in [2.75, 3.05) is 0 Å². The molecule has 0 saturated heterocycles. The van der Waals surface area contributed by atoms with Gasteiger partial charge in [-0.25, -0.2) is 0 Å². The van der Waals surface area contributed by atoms with Gasteiger partial charge in [0.1, 0.15) is 0 Å². The van der Waals surface area contributed by atoms with E-state index < -0.39 is 17.9 Å². The second-order valence-corrected chi connectivity index (χ2v) is 2.79. The number of alkyl halides is 3. The number of halogens is 3. The molecule has 0 fully saturated rings. The van der Waals surface area contributed by atoms with Crippen LogP contribution in [-0.2, 0) is 0 Å². The Hall–Kier alpha value is -1.72. The molecule has 82 valence electrons. The van der Waals surface area contributed by atoms with Crippen LogP contribution in [0.25, 0.3) is 0 Å². The van der Waals surface area contributed by atoms with Gasteiger partial charge in [-0.1, -0.05) is 0 Å². The minimum absolute atomic E-state index is 0.113. The molecule has 0 atom stereocenters. The van der Waals surface area contributed by atoms with Crippen molar-refractivity contribution in [3.63, 3.8) is 0 Å². The van der Waals surface area contributed by atoms with Crippen molar-refractivity contribution < 1.29 is 27.8 Å². The van der Waals surface area contributed by atoms with Crippen LogP contribution in [0.15, 0.2) is 18.2 Å². The lowest BCUT2D eigenvalue weighted by molar-refractivity contribution is -0.275. The van der Waals surface area contributed by atoms with Crippen molar-refractivity contribution in [2.24, 2.45) is 0 Å². The van der Waals surface area contributed by atoms with Gasteiger partial charge in [-0.05, 0) is 25.1 Å². The molecule has 0 spiro atoms. The third-order valence-corrected chi connectivity index (χ3v) is 1.59. The molecule has 1 rings (SSSR count). The maximum atomic E-state index is 11.8. The van der Waals surface area contributed by atoms with Gasteiger partial charge in [0.25, 0.3) is 0 Å². The number of carbonyl (C=O) groups is 1. The topological polar surface area (TPSA) is 46.5 Å². The number of phenols is 1. The number of hydrogen-bond donors (Lipinski definition) is 1. The fraction of sp³-hybridized carbons (Fsp3) is 0.222. The molecule has 6 heteroatoms. The zero-order valence-corrected chi connectivity index (χ0v) is 7.63. The summed E-state index contributed by atoms with van der Waals surface area (Å²) in [4.78, 5) is 10.8. The Morgan fingerprint density at radius 1 is 1.40 bits per heavy atom. The number of ketones is 1. The average Bonchev–Trinajstić information content (AvgIpc) is 2.05. The molecule has 1 aromatic carbocycles. The summed E-state index contributed by atoms with van der Waals surface area (Å²) < 4.78 is 38.8. The highest BCUT2D eigenvalue weighted by molar-refractivity contribution is 5.94. The molecule has 1 aromatic rings. The summed E-state index contributed by atoms with van der Waals surface area (Å²) >= 11 is 0. The average molecular weight is 220 g/mol.